The summed E-state index contributed by atoms with van der Waals surface area (Å²) in [5.41, 5.74) is 1.73. The van der Waals surface area contributed by atoms with Crippen molar-refractivity contribution in [3.63, 3.8) is 0 Å². The first-order chi connectivity index (χ1) is 11.2. The van der Waals surface area contributed by atoms with Crippen LogP contribution in [0.25, 0.3) is 11.1 Å². The van der Waals surface area contributed by atoms with Crippen molar-refractivity contribution in [2.75, 3.05) is 0 Å². The van der Waals surface area contributed by atoms with Crippen LogP contribution < -0.4 is 5.76 Å². The summed E-state index contributed by atoms with van der Waals surface area (Å²) in [5.74, 6) is -1.51. The Balaban J connectivity index is 2.08. The van der Waals surface area contributed by atoms with Gasteiger partial charge in [-0.05, 0) is 36.2 Å². The second-order valence-corrected chi connectivity index (χ2v) is 7.92. The lowest BCUT2D eigenvalue weighted by Crippen LogP contribution is -2.09. The van der Waals surface area contributed by atoms with E-state index in [-0.39, 0.29) is 21.3 Å². The van der Waals surface area contributed by atoms with Gasteiger partial charge in [-0.2, -0.15) is 0 Å². The van der Waals surface area contributed by atoms with Gasteiger partial charge >= 0.3 is 5.76 Å². The first-order valence-electron chi connectivity index (χ1n) is 6.96. The number of halogens is 2. The molecule has 2 aromatic carbocycles. The van der Waals surface area contributed by atoms with E-state index in [0.717, 1.165) is 6.07 Å². The van der Waals surface area contributed by atoms with E-state index in [4.69, 9.17) is 16.0 Å². The Morgan fingerprint density at radius 2 is 1.96 bits per heavy atom. The van der Waals surface area contributed by atoms with Gasteiger partial charge < -0.3 is 4.42 Å². The Morgan fingerprint density at radius 1 is 1.25 bits per heavy atom. The minimum absolute atomic E-state index is 0.0299. The van der Waals surface area contributed by atoms with Gasteiger partial charge in [-0.1, -0.05) is 17.7 Å². The van der Waals surface area contributed by atoms with Crippen molar-refractivity contribution < 1.29 is 17.2 Å². The predicted octanol–water partition coefficient (Wildman–Crippen LogP) is 3.21. The monoisotopic (exact) mass is 369 g/mol. The summed E-state index contributed by atoms with van der Waals surface area (Å²) < 4.78 is 44.8. The lowest BCUT2D eigenvalue weighted by atomic mass is 10.2. The van der Waals surface area contributed by atoms with Gasteiger partial charge in [-0.3, -0.25) is 4.57 Å². The molecule has 5 nitrogen and oxygen atoms in total. The second-order valence-electron chi connectivity index (χ2n) is 5.52. The fourth-order valence-corrected chi connectivity index (χ4v) is 4.22. The average Bonchev–Trinajstić information content (AvgIpc) is 2.78. The molecule has 0 atom stereocenters. The molecule has 3 rings (SSSR count). The Kier molecular flexibility index (Phi) is 4.01. The third-order valence-corrected chi connectivity index (χ3v) is 5.70. The van der Waals surface area contributed by atoms with Crippen LogP contribution in [0.4, 0.5) is 4.39 Å². The van der Waals surface area contributed by atoms with Crippen molar-refractivity contribution in [1.29, 1.82) is 0 Å². The van der Waals surface area contributed by atoms with E-state index in [9.17, 15) is 17.6 Å². The molecule has 8 heteroatoms. The molecule has 0 unspecified atom stereocenters. The third kappa shape index (κ3) is 2.85. The van der Waals surface area contributed by atoms with Crippen LogP contribution in [0.5, 0.6) is 0 Å². The molecule has 0 aliphatic rings. The largest absolute Gasteiger partial charge is 0.419 e. The van der Waals surface area contributed by atoms with Crippen LogP contribution in [0.1, 0.15) is 11.1 Å². The van der Waals surface area contributed by atoms with E-state index in [1.165, 1.54) is 28.8 Å². The summed E-state index contributed by atoms with van der Waals surface area (Å²) in [4.78, 5) is 11.6. The molecule has 0 amide bonds. The van der Waals surface area contributed by atoms with Gasteiger partial charge in [0.25, 0.3) is 0 Å². The highest BCUT2D eigenvalue weighted by molar-refractivity contribution is 7.90. The molecule has 0 fully saturated rings. The number of sulfone groups is 1. The number of rotatable bonds is 3. The molecule has 0 bridgehead atoms. The number of benzene rings is 2. The Morgan fingerprint density at radius 3 is 2.62 bits per heavy atom. The van der Waals surface area contributed by atoms with Crippen molar-refractivity contribution in [2.45, 2.75) is 17.6 Å². The first kappa shape index (κ1) is 16.7. The molecule has 0 aliphatic carbocycles. The highest BCUT2D eigenvalue weighted by atomic mass is 35.5. The van der Waals surface area contributed by atoms with E-state index in [0.29, 0.717) is 16.6 Å². The zero-order valence-electron chi connectivity index (χ0n) is 12.8. The number of hydrogen-bond donors (Lipinski definition) is 0. The number of aromatic nitrogens is 1. The van der Waals surface area contributed by atoms with Crippen LogP contribution in [0, 0.1) is 12.7 Å². The number of oxazole rings is 1. The Hall–Kier alpha value is -2.12. The molecule has 0 saturated heterocycles. The molecule has 0 N–H and O–H groups in total. The summed E-state index contributed by atoms with van der Waals surface area (Å²) >= 11 is 5.69. The normalized spacial score (nSPS) is 12.0. The van der Waals surface area contributed by atoms with Gasteiger partial charge in [0, 0.05) is 13.1 Å². The van der Waals surface area contributed by atoms with Crippen molar-refractivity contribution >= 4 is 32.5 Å². The molecule has 0 spiro atoms. The van der Waals surface area contributed by atoms with Gasteiger partial charge in [0.1, 0.15) is 5.82 Å². The van der Waals surface area contributed by atoms with Gasteiger partial charge in [0.15, 0.2) is 15.4 Å². The van der Waals surface area contributed by atoms with E-state index in [1.807, 2.05) is 0 Å². The van der Waals surface area contributed by atoms with Gasteiger partial charge in [-0.25, -0.2) is 17.6 Å². The second kappa shape index (κ2) is 5.75. The molecule has 0 saturated carbocycles. The van der Waals surface area contributed by atoms with Crippen LogP contribution in [0.15, 0.2) is 44.4 Å². The van der Waals surface area contributed by atoms with Crippen molar-refractivity contribution in [3.8, 4) is 0 Å². The lowest BCUT2D eigenvalue weighted by molar-refractivity contribution is 0.527. The zero-order chi connectivity index (χ0) is 17.6. The van der Waals surface area contributed by atoms with Crippen LogP contribution in [0.2, 0.25) is 5.02 Å². The van der Waals surface area contributed by atoms with Crippen molar-refractivity contribution in [1.82, 2.24) is 4.57 Å². The Labute approximate surface area is 142 Å². The molecule has 1 heterocycles. The maximum Gasteiger partial charge on any atom is 0.419 e. The van der Waals surface area contributed by atoms with Crippen LogP contribution in [-0.2, 0) is 22.6 Å². The standard InChI is InChI=1S/C16H13ClFNO4S/c1-9-5-11(7-14-15(9)19(2)16(20)23-14)24(21,22)8-10-3-4-13(18)12(17)6-10/h3-7H,8H2,1-2H3. The summed E-state index contributed by atoms with van der Waals surface area (Å²) in [7, 11) is -2.16. The summed E-state index contributed by atoms with van der Waals surface area (Å²) in [6, 6.07) is 6.58. The minimum Gasteiger partial charge on any atom is -0.408 e. The zero-order valence-corrected chi connectivity index (χ0v) is 14.4. The summed E-state index contributed by atoms with van der Waals surface area (Å²) in [6.07, 6.45) is 0. The van der Waals surface area contributed by atoms with Gasteiger partial charge in [-0.15, -0.1) is 0 Å². The number of hydrogen-bond acceptors (Lipinski definition) is 4. The molecule has 0 radical (unpaired) electrons. The molecule has 1 aromatic heterocycles. The maximum atomic E-state index is 13.2. The van der Waals surface area contributed by atoms with E-state index < -0.39 is 21.4 Å². The molecule has 0 aliphatic heterocycles. The van der Waals surface area contributed by atoms with E-state index in [1.54, 1.807) is 14.0 Å². The van der Waals surface area contributed by atoms with Gasteiger partial charge in [0.05, 0.1) is 21.2 Å². The van der Waals surface area contributed by atoms with Crippen molar-refractivity contribution in [2.24, 2.45) is 7.05 Å². The topological polar surface area (TPSA) is 69.3 Å². The van der Waals surface area contributed by atoms with E-state index in [2.05, 4.69) is 0 Å². The summed E-state index contributed by atoms with van der Waals surface area (Å²) in [5, 5.41) is -0.136. The Bertz CT molecular complexity index is 1120. The quantitative estimate of drug-likeness (QED) is 0.710. The molecular formula is C16H13ClFNO4S. The molecule has 126 valence electrons. The smallest absolute Gasteiger partial charge is 0.408 e. The third-order valence-electron chi connectivity index (χ3n) is 3.75. The number of fused-ring (bicyclic) bond motifs is 1. The van der Waals surface area contributed by atoms with E-state index >= 15 is 0 Å². The lowest BCUT2D eigenvalue weighted by Gasteiger charge is -2.07. The number of nitrogens with zero attached hydrogens (tertiary/aromatic N) is 1. The van der Waals surface area contributed by atoms with Crippen LogP contribution >= 0.6 is 11.6 Å². The van der Waals surface area contributed by atoms with Crippen LogP contribution in [0.3, 0.4) is 0 Å². The highest BCUT2D eigenvalue weighted by Gasteiger charge is 2.20. The molecule has 24 heavy (non-hydrogen) atoms. The molecular weight excluding hydrogens is 357 g/mol. The van der Waals surface area contributed by atoms with Crippen molar-refractivity contribution in [3.05, 3.63) is 62.8 Å². The highest BCUT2D eigenvalue weighted by Crippen LogP contribution is 2.26. The summed E-state index contributed by atoms with van der Waals surface area (Å²) in [6.45, 7) is 1.70. The minimum atomic E-state index is -3.71. The molecule has 3 aromatic rings. The van der Waals surface area contributed by atoms with Gasteiger partial charge in [0.2, 0.25) is 0 Å². The average molecular weight is 370 g/mol. The fraction of sp³-hybridized carbons (Fsp3) is 0.188. The SMILES string of the molecule is Cc1cc(S(=O)(=O)Cc2ccc(F)c(Cl)c2)cc2oc(=O)n(C)c12. The maximum absolute atomic E-state index is 13.2. The number of aryl methyl sites for hydroxylation is 2. The predicted molar refractivity (Wildman–Crippen MR) is 88.5 cm³/mol. The van der Waals surface area contributed by atoms with Crippen LogP contribution in [-0.4, -0.2) is 13.0 Å². The fourth-order valence-electron chi connectivity index (χ4n) is 2.59. The first-order valence-corrected chi connectivity index (χ1v) is 8.99.